The van der Waals surface area contributed by atoms with Crippen molar-refractivity contribution in [2.75, 3.05) is 11.9 Å². The van der Waals surface area contributed by atoms with Crippen LogP contribution in [0.5, 0.6) is 0 Å². The number of hydrogen-bond acceptors (Lipinski definition) is 2. The van der Waals surface area contributed by atoms with Crippen LogP contribution in [-0.2, 0) is 0 Å². The van der Waals surface area contributed by atoms with E-state index in [0.717, 1.165) is 12.1 Å². The van der Waals surface area contributed by atoms with Gasteiger partial charge in [-0.3, -0.25) is 0 Å². The standard InChI is InChI=1S/C9H10BrF2NO/c1-5(14)4-13-9-7(10)2-6(11)3-8(9)12/h2-3,5,13-14H,4H2,1H3/t5-/m0/s1. The molecule has 0 saturated heterocycles. The lowest BCUT2D eigenvalue weighted by Crippen LogP contribution is -2.16. The molecule has 0 unspecified atom stereocenters. The van der Waals surface area contributed by atoms with Crippen molar-refractivity contribution in [1.29, 1.82) is 0 Å². The fourth-order valence-corrected chi connectivity index (χ4v) is 1.51. The molecule has 1 aromatic carbocycles. The molecule has 1 rings (SSSR count). The van der Waals surface area contributed by atoms with Crippen LogP contribution in [0.4, 0.5) is 14.5 Å². The van der Waals surface area contributed by atoms with E-state index in [2.05, 4.69) is 21.2 Å². The summed E-state index contributed by atoms with van der Waals surface area (Å²) in [5.41, 5.74) is 0.160. The summed E-state index contributed by atoms with van der Waals surface area (Å²) in [6.45, 7) is 1.78. The van der Waals surface area contributed by atoms with Crippen LogP contribution in [-0.4, -0.2) is 17.8 Å². The second kappa shape index (κ2) is 4.70. The Labute approximate surface area is 89.1 Å². The second-order valence-corrected chi connectivity index (χ2v) is 3.83. The van der Waals surface area contributed by atoms with Crippen LogP contribution >= 0.6 is 15.9 Å². The lowest BCUT2D eigenvalue weighted by Gasteiger charge is -2.11. The van der Waals surface area contributed by atoms with Crippen molar-refractivity contribution in [2.24, 2.45) is 0 Å². The van der Waals surface area contributed by atoms with E-state index in [1.165, 1.54) is 0 Å². The minimum absolute atomic E-state index is 0.160. The van der Waals surface area contributed by atoms with Crippen LogP contribution in [0.2, 0.25) is 0 Å². The molecule has 5 heteroatoms. The number of benzene rings is 1. The molecule has 0 aromatic heterocycles. The first-order valence-corrected chi connectivity index (χ1v) is 4.86. The predicted octanol–water partition coefficient (Wildman–Crippen LogP) is 2.52. The van der Waals surface area contributed by atoms with Crippen LogP contribution in [0.3, 0.4) is 0 Å². The Kier molecular flexibility index (Phi) is 3.83. The van der Waals surface area contributed by atoms with Crippen molar-refractivity contribution in [3.05, 3.63) is 28.2 Å². The van der Waals surface area contributed by atoms with E-state index < -0.39 is 17.7 Å². The molecule has 0 spiro atoms. The zero-order valence-corrected chi connectivity index (χ0v) is 9.11. The normalized spacial score (nSPS) is 12.6. The summed E-state index contributed by atoms with van der Waals surface area (Å²) in [5.74, 6) is -1.32. The van der Waals surface area contributed by atoms with Gasteiger partial charge in [-0.15, -0.1) is 0 Å². The Morgan fingerprint density at radius 1 is 1.50 bits per heavy atom. The second-order valence-electron chi connectivity index (χ2n) is 2.97. The van der Waals surface area contributed by atoms with Crippen molar-refractivity contribution in [3.63, 3.8) is 0 Å². The molecule has 2 N–H and O–H groups in total. The highest BCUT2D eigenvalue weighted by molar-refractivity contribution is 9.10. The van der Waals surface area contributed by atoms with Crippen LogP contribution < -0.4 is 5.32 Å². The minimum atomic E-state index is -0.683. The summed E-state index contributed by atoms with van der Waals surface area (Å²) in [6, 6.07) is 1.95. The largest absolute Gasteiger partial charge is 0.392 e. The van der Waals surface area contributed by atoms with Crippen molar-refractivity contribution in [3.8, 4) is 0 Å². The molecule has 0 amide bonds. The Hall–Kier alpha value is -0.680. The van der Waals surface area contributed by atoms with E-state index in [-0.39, 0.29) is 12.2 Å². The van der Waals surface area contributed by atoms with Crippen LogP contribution in [0.15, 0.2) is 16.6 Å². The number of hydrogen-bond donors (Lipinski definition) is 2. The van der Waals surface area contributed by atoms with Gasteiger partial charge in [-0.25, -0.2) is 8.78 Å². The molecule has 0 aliphatic rings. The molecule has 0 fully saturated rings. The summed E-state index contributed by atoms with van der Waals surface area (Å²) in [4.78, 5) is 0. The van der Waals surface area contributed by atoms with Gasteiger partial charge in [0.25, 0.3) is 0 Å². The van der Waals surface area contributed by atoms with E-state index in [0.29, 0.717) is 4.47 Å². The SMILES string of the molecule is C[C@H](O)CNc1c(F)cc(F)cc1Br. The molecule has 0 radical (unpaired) electrons. The Morgan fingerprint density at radius 2 is 2.14 bits per heavy atom. The number of rotatable bonds is 3. The molecule has 0 aliphatic heterocycles. The number of aliphatic hydroxyl groups is 1. The Balaban J connectivity index is 2.86. The van der Waals surface area contributed by atoms with Gasteiger partial charge in [-0.05, 0) is 28.9 Å². The van der Waals surface area contributed by atoms with E-state index >= 15 is 0 Å². The van der Waals surface area contributed by atoms with Crippen LogP contribution in [0.1, 0.15) is 6.92 Å². The van der Waals surface area contributed by atoms with Gasteiger partial charge in [0.1, 0.15) is 11.6 Å². The fourth-order valence-electron chi connectivity index (χ4n) is 0.961. The third-order valence-corrected chi connectivity index (χ3v) is 2.21. The molecule has 2 nitrogen and oxygen atoms in total. The summed E-state index contributed by atoms with van der Waals surface area (Å²) in [5, 5.41) is 11.6. The van der Waals surface area contributed by atoms with Gasteiger partial charge >= 0.3 is 0 Å². The average Bonchev–Trinajstić information content (AvgIpc) is 2.01. The number of aliphatic hydroxyl groups excluding tert-OH is 1. The molecule has 1 aromatic rings. The van der Waals surface area contributed by atoms with E-state index in [1.54, 1.807) is 6.92 Å². The highest BCUT2D eigenvalue weighted by atomic mass is 79.9. The van der Waals surface area contributed by atoms with Crippen molar-refractivity contribution < 1.29 is 13.9 Å². The zero-order chi connectivity index (χ0) is 10.7. The smallest absolute Gasteiger partial charge is 0.150 e. The first-order chi connectivity index (χ1) is 6.50. The summed E-state index contributed by atoms with van der Waals surface area (Å²) < 4.78 is 26.1. The summed E-state index contributed by atoms with van der Waals surface area (Å²) in [7, 11) is 0. The molecule has 0 aliphatic carbocycles. The maximum atomic E-state index is 13.1. The fraction of sp³-hybridized carbons (Fsp3) is 0.333. The molecule has 78 valence electrons. The molecule has 14 heavy (non-hydrogen) atoms. The van der Waals surface area contributed by atoms with Gasteiger partial charge < -0.3 is 10.4 Å². The zero-order valence-electron chi connectivity index (χ0n) is 7.52. The Morgan fingerprint density at radius 3 is 2.64 bits per heavy atom. The molecule has 0 heterocycles. The van der Waals surface area contributed by atoms with Gasteiger partial charge in [0, 0.05) is 17.1 Å². The average molecular weight is 266 g/mol. The lowest BCUT2D eigenvalue weighted by molar-refractivity contribution is 0.208. The molecular formula is C9H10BrF2NO. The van der Waals surface area contributed by atoms with Gasteiger partial charge in [0.15, 0.2) is 0 Å². The quantitative estimate of drug-likeness (QED) is 0.881. The van der Waals surface area contributed by atoms with E-state index in [4.69, 9.17) is 5.11 Å². The van der Waals surface area contributed by atoms with Gasteiger partial charge in [0.05, 0.1) is 11.8 Å². The molecule has 0 saturated carbocycles. The van der Waals surface area contributed by atoms with Gasteiger partial charge in [-0.1, -0.05) is 0 Å². The Bertz CT molecular complexity index is 308. The maximum Gasteiger partial charge on any atom is 0.150 e. The third-order valence-electron chi connectivity index (χ3n) is 1.58. The topological polar surface area (TPSA) is 32.3 Å². The minimum Gasteiger partial charge on any atom is -0.392 e. The number of anilines is 1. The lowest BCUT2D eigenvalue weighted by atomic mass is 10.3. The molecule has 0 bridgehead atoms. The number of halogens is 3. The van der Waals surface area contributed by atoms with Crippen LogP contribution in [0.25, 0.3) is 0 Å². The molecular weight excluding hydrogens is 256 g/mol. The highest BCUT2D eigenvalue weighted by Crippen LogP contribution is 2.26. The van der Waals surface area contributed by atoms with Crippen LogP contribution in [0, 0.1) is 11.6 Å². The van der Waals surface area contributed by atoms with E-state index in [9.17, 15) is 8.78 Å². The monoisotopic (exact) mass is 265 g/mol. The first-order valence-electron chi connectivity index (χ1n) is 4.07. The highest BCUT2D eigenvalue weighted by Gasteiger charge is 2.09. The maximum absolute atomic E-state index is 13.1. The van der Waals surface area contributed by atoms with Crippen molar-refractivity contribution >= 4 is 21.6 Å². The van der Waals surface area contributed by atoms with Gasteiger partial charge in [-0.2, -0.15) is 0 Å². The van der Waals surface area contributed by atoms with Gasteiger partial charge in [0.2, 0.25) is 0 Å². The van der Waals surface area contributed by atoms with Crippen molar-refractivity contribution in [2.45, 2.75) is 13.0 Å². The third kappa shape index (κ3) is 2.92. The van der Waals surface area contributed by atoms with Crippen molar-refractivity contribution in [1.82, 2.24) is 0 Å². The predicted molar refractivity (Wildman–Crippen MR) is 54.2 cm³/mol. The number of nitrogens with one attached hydrogen (secondary N) is 1. The first kappa shape index (κ1) is 11.4. The summed E-state index contributed by atoms with van der Waals surface area (Å²) >= 11 is 3.02. The van der Waals surface area contributed by atoms with E-state index in [1.807, 2.05) is 0 Å². The summed E-state index contributed by atoms with van der Waals surface area (Å²) in [6.07, 6.45) is -0.591. The molecule has 1 atom stereocenters.